The monoisotopic (exact) mass is 401 g/mol. The van der Waals surface area contributed by atoms with Crippen LogP contribution in [-0.2, 0) is 17.8 Å². The van der Waals surface area contributed by atoms with Gasteiger partial charge in [-0.2, -0.15) is 0 Å². The Hall–Kier alpha value is -1.61. The fraction of sp³-hybridized carbons (Fsp3) is 0.375. The van der Waals surface area contributed by atoms with Gasteiger partial charge in [0.15, 0.2) is 0 Å². The lowest BCUT2D eigenvalue weighted by atomic mass is 10.1. The van der Waals surface area contributed by atoms with E-state index in [1.54, 1.807) is 14.0 Å². The Labute approximate surface area is 159 Å². The number of hydrogen-bond acceptors (Lipinski definition) is 7. The number of ether oxygens (including phenoxy) is 1. The van der Waals surface area contributed by atoms with E-state index in [4.69, 9.17) is 22.1 Å². The predicted molar refractivity (Wildman–Crippen MR) is 103 cm³/mol. The van der Waals surface area contributed by atoms with Gasteiger partial charge in [-0.15, -0.1) is 22.7 Å². The van der Waals surface area contributed by atoms with Gasteiger partial charge < -0.3 is 15.8 Å². The summed E-state index contributed by atoms with van der Waals surface area (Å²) in [5.41, 5.74) is 6.87. The van der Waals surface area contributed by atoms with Crippen molar-refractivity contribution in [3.05, 3.63) is 37.4 Å². The van der Waals surface area contributed by atoms with E-state index in [9.17, 15) is 9.59 Å². The number of amides is 1. The van der Waals surface area contributed by atoms with Gasteiger partial charge in [0.2, 0.25) is 0 Å². The average Bonchev–Trinajstić information content (AvgIpc) is 3.10. The lowest BCUT2D eigenvalue weighted by Gasteiger charge is -2.17. The van der Waals surface area contributed by atoms with Crippen LogP contribution in [-0.4, -0.2) is 37.5 Å². The van der Waals surface area contributed by atoms with Crippen molar-refractivity contribution in [1.82, 2.24) is 10.2 Å². The Morgan fingerprint density at radius 3 is 2.60 bits per heavy atom. The second-order valence-corrected chi connectivity index (χ2v) is 8.18. The molecule has 0 aromatic carbocycles. The minimum absolute atomic E-state index is 0.242. The topological polar surface area (TPSA) is 84.7 Å². The van der Waals surface area contributed by atoms with Gasteiger partial charge in [0.05, 0.1) is 21.4 Å². The number of hydrogen-bond donors (Lipinski definition) is 2. The summed E-state index contributed by atoms with van der Waals surface area (Å²) in [6.45, 7) is 3.00. The van der Waals surface area contributed by atoms with Crippen LogP contribution in [0.2, 0.25) is 4.34 Å². The van der Waals surface area contributed by atoms with E-state index in [-0.39, 0.29) is 18.1 Å². The van der Waals surface area contributed by atoms with E-state index in [2.05, 4.69) is 5.32 Å². The Kier molecular flexibility index (Phi) is 6.83. The van der Waals surface area contributed by atoms with Crippen LogP contribution in [0.25, 0.3) is 0 Å². The van der Waals surface area contributed by atoms with Crippen LogP contribution in [0.5, 0.6) is 0 Å². The molecule has 0 spiro atoms. The smallest absolute Gasteiger partial charge is 0.341 e. The first kappa shape index (κ1) is 19.7. The number of rotatable bonds is 7. The first-order valence-electron chi connectivity index (χ1n) is 7.60. The Balaban J connectivity index is 2.32. The number of esters is 1. The third-order valence-corrected chi connectivity index (χ3v) is 5.71. The summed E-state index contributed by atoms with van der Waals surface area (Å²) >= 11 is 8.56. The third-order valence-electron chi connectivity index (χ3n) is 3.43. The molecule has 0 saturated heterocycles. The van der Waals surface area contributed by atoms with E-state index in [1.807, 2.05) is 24.1 Å². The zero-order valence-corrected chi connectivity index (χ0v) is 16.6. The number of nitrogens with zero attached hydrogens (tertiary/aromatic N) is 1. The zero-order valence-electron chi connectivity index (χ0n) is 14.2. The molecule has 1 amide bonds. The summed E-state index contributed by atoms with van der Waals surface area (Å²) in [5.74, 6) is -0.774. The van der Waals surface area contributed by atoms with E-state index in [0.717, 1.165) is 20.6 Å². The first-order valence-corrected chi connectivity index (χ1v) is 9.61. The van der Waals surface area contributed by atoms with Crippen molar-refractivity contribution in [2.75, 3.05) is 26.4 Å². The Morgan fingerprint density at radius 1 is 1.32 bits per heavy atom. The molecule has 0 radical (unpaired) electrons. The summed E-state index contributed by atoms with van der Waals surface area (Å²) in [6.07, 6.45) is 0. The molecule has 136 valence electrons. The Morgan fingerprint density at radius 2 is 2.04 bits per heavy atom. The van der Waals surface area contributed by atoms with E-state index < -0.39 is 5.97 Å². The van der Waals surface area contributed by atoms with Crippen LogP contribution < -0.4 is 11.1 Å². The molecular weight excluding hydrogens is 382 g/mol. The van der Waals surface area contributed by atoms with Crippen LogP contribution in [0.15, 0.2) is 12.1 Å². The molecule has 2 aromatic rings. The summed E-state index contributed by atoms with van der Waals surface area (Å²) in [4.78, 5) is 28.0. The molecule has 0 atom stereocenters. The number of nitrogens with two attached hydrogens (primary N) is 1. The van der Waals surface area contributed by atoms with Crippen molar-refractivity contribution < 1.29 is 14.3 Å². The zero-order chi connectivity index (χ0) is 18.6. The van der Waals surface area contributed by atoms with Gasteiger partial charge in [-0.05, 0) is 26.1 Å². The highest BCUT2D eigenvalue weighted by Gasteiger charge is 2.27. The van der Waals surface area contributed by atoms with Crippen molar-refractivity contribution in [3.63, 3.8) is 0 Å². The molecule has 2 heterocycles. The maximum atomic E-state index is 12.3. The lowest BCUT2D eigenvalue weighted by Crippen LogP contribution is -2.23. The van der Waals surface area contributed by atoms with Crippen LogP contribution >= 0.6 is 34.3 Å². The number of halogens is 1. The van der Waals surface area contributed by atoms with Crippen molar-refractivity contribution in [2.45, 2.75) is 20.0 Å². The quantitative estimate of drug-likeness (QED) is 0.696. The molecule has 0 aliphatic rings. The van der Waals surface area contributed by atoms with Gasteiger partial charge >= 0.3 is 5.97 Å². The lowest BCUT2D eigenvalue weighted by molar-refractivity contribution is 0.0526. The van der Waals surface area contributed by atoms with Crippen molar-refractivity contribution in [3.8, 4) is 0 Å². The van der Waals surface area contributed by atoms with E-state index >= 15 is 0 Å². The van der Waals surface area contributed by atoms with Gasteiger partial charge in [-0.3, -0.25) is 9.69 Å². The molecule has 2 aromatic heterocycles. The van der Waals surface area contributed by atoms with Gasteiger partial charge in [0, 0.05) is 30.6 Å². The highest BCUT2D eigenvalue weighted by atomic mass is 35.5. The SMILES string of the molecule is CCOC(=O)c1c(N)sc(C(=O)NC)c1CN(C)Cc1ccc(Cl)s1. The van der Waals surface area contributed by atoms with Crippen LogP contribution in [0, 0.1) is 0 Å². The number of carbonyl (C=O) groups excluding carboxylic acids is 2. The van der Waals surface area contributed by atoms with E-state index in [0.29, 0.717) is 28.5 Å². The number of nitrogen functional groups attached to an aromatic ring is 1. The number of carbonyl (C=O) groups is 2. The summed E-state index contributed by atoms with van der Waals surface area (Å²) < 4.78 is 5.82. The third kappa shape index (κ3) is 4.72. The molecule has 9 heteroatoms. The fourth-order valence-corrected chi connectivity index (χ4v) is 4.57. The fourth-order valence-electron chi connectivity index (χ4n) is 2.39. The minimum Gasteiger partial charge on any atom is -0.462 e. The molecular formula is C16H20ClN3O3S2. The van der Waals surface area contributed by atoms with Crippen LogP contribution in [0.4, 0.5) is 5.00 Å². The minimum atomic E-state index is -0.506. The largest absolute Gasteiger partial charge is 0.462 e. The summed E-state index contributed by atoms with van der Waals surface area (Å²) in [6, 6.07) is 3.80. The number of anilines is 1. The highest BCUT2D eigenvalue weighted by Crippen LogP contribution is 2.33. The molecule has 0 bridgehead atoms. The molecule has 0 aliphatic heterocycles. The number of nitrogens with one attached hydrogen (secondary N) is 1. The first-order chi connectivity index (χ1) is 11.9. The van der Waals surface area contributed by atoms with Crippen molar-refractivity contribution in [2.24, 2.45) is 0 Å². The second-order valence-electron chi connectivity index (χ2n) is 5.33. The molecule has 0 fully saturated rings. The standard InChI is InChI=1S/C16H20ClN3O3S2/c1-4-23-16(22)12-10(13(15(21)19-2)25-14(12)18)8-20(3)7-9-5-6-11(17)24-9/h5-6H,4,7-8,18H2,1-3H3,(H,19,21). The maximum Gasteiger partial charge on any atom is 0.341 e. The van der Waals surface area contributed by atoms with Crippen LogP contribution in [0.3, 0.4) is 0 Å². The van der Waals surface area contributed by atoms with Gasteiger partial charge in [0.25, 0.3) is 5.91 Å². The van der Waals surface area contributed by atoms with Gasteiger partial charge in [-0.1, -0.05) is 11.6 Å². The Bertz CT molecular complexity index is 773. The van der Waals surface area contributed by atoms with E-state index in [1.165, 1.54) is 11.3 Å². The summed E-state index contributed by atoms with van der Waals surface area (Å²) in [5, 5.41) is 2.88. The number of thiophene rings is 2. The van der Waals surface area contributed by atoms with Crippen molar-refractivity contribution in [1.29, 1.82) is 0 Å². The van der Waals surface area contributed by atoms with Gasteiger partial charge in [-0.25, -0.2) is 4.79 Å². The second kappa shape index (κ2) is 8.66. The molecule has 2 rings (SSSR count). The van der Waals surface area contributed by atoms with Gasteiger partial charge in [0.1, 0.15) is 5.00 Å². The molecule has 0 unspecified atom stereocenters. The predicted octanol–water partition coefficient (Wildman–Crippen LogP) is 3.21. The van der Waals surface area contributed by atoms with Crippen LogP contribution in [0.1, 0.15) is 37.4 Å². The summed E-state index contributed by atoms with van der Waals surface area (Å²) in [7, 11) is 3.45. The molecule has 3 N–H and O–H groups in total. The molecule has 0 saturated carbocycles. The highest BCUT2D eigenvalue weighted by molar-refractivity contribution is 7.18. The van der Waals surface area contributed by atoms with Crippen molar-refractivity contribution >= 4 is 51.2 Å². The molecule has 0 aliphatic carbocycles. The average molecular weight is 402 g/mol. The molecule has 6 nitrogen and oxygen atoms in total. The molecule has 25 heavy (non-hydrogen) atoms. The normalized spacial score (nSPS) is 10.9. The maximum absolute atomic E-state index is 12.3.